The summed E-state index contributed by atoms with van der Waals surface area (Å²) in [5.74, 6) is 1.77. The highest BCUT2D eigenvalue weighted by atomic mass is 16.5. The molecule has 1 N–H and O–H groups in total. The summed E-state index contributed by atoms with van der Waals surface area (Å²) in [6.07, 6.45) is 0. The van der Waals surface area contributed by atoms with Crippen LogP contribution in [0.4, 0.5) is 5.69 Å². The molecule has 4 rings (SSSR count). The number of carbonyl (C=O) groups excluding carboxylic acids is 1. The van der Waals surface area contributed by atoms with Crippen molar-refractivity contribution in [1.29, 1.82) is 0 Å². The van der Waals surface area contributed by atoms with Crippen LogP contribution >= 0.6 is 0 Å². The standard InChI is InChI=1S/C22H18N2O4/c1-26-17-8-3-14(4-9-17)21(25)23-16-7-12-20-19(13-16)24-22(28-20)15-5-10-18(27-2)11-6-15/h3-13H,1-2H3,(H,23,25). The van der Waals surface area contributed by atoms with E-state index >= 15 is 0 Å². The fourth-order valence-corrected chi connectivity index (χ4v) is 2.81. The zero-order valence-corrected chi connectivity index (χ0v) is 15.4. The molecule has 0 spiro atoms. The Bertz CT molecular complexity index is 1120. The van der Waals surface area contributed by atoms with Crippen molar-refractivity contribution < 1.29 is 18.7 Å². The number of benzene rings is 3. The van der Waals surface area contributed by atoms with Crippen molar-refractivity contribution in [3.63, 3.8) is 0 Å². The summed E-state index contributed by atoms with van der Waals surface area (Å²) in [5.41, 5.74) is 3.34. The Labute approximate surface area is 161 Å². The number of anilines is 1. The minimum Gasteiger partial charge on any atom is -0.497 e. The molecule has 6 heteroatoms. The summed E-state index contributed by atoms with van der Waals surface area (Å²) in [5, 5.41) is 2.87. The van der Waals surface area contributed by atoms with Crippen LogP contribution in [0.15, 0.2) is 71.1 Å². The number of hydrogen-bond acceptors (Lipinski definition) is 5. The normalized spacial score (nSPS) is 10.6. The number of amides is 1. The Kier molecular flexibility index (Phi) is 4.68. The number of ether oxygens (including phenoxy) is 2. The van der Waals surface area contributed by atoms with Gasteiger partial charge in [0.15, 0.2) is 5.58 Å². The van der Waals surface area contributed by atoms with Gasteiger partial charge in [0.2, 0.25) is 5.89 Å². The van der Waals surface area contributed by atoms with Gasteiger partial charge in [-0.1, -0.05) is 0 Å². The van der Waals surface area contributed by atoms with Crippen LogP contribution in [0.2, 0.25) is 0 Å². The van der Waals surface area contributed by atoms with Crippen molar-refractivity contribution in [2.24, 2.45) is 0 Å². The Morgan fingerprint density at radius 3 is 2.18 bits per heavy atom. The average molecular weight is 374 g/mol. The van der Waals surface area contributed by atoms with Crippen LogP contribution < -0.4 is 14.8 Å². The van der Waals surface area contributed by atoms with E-state index in [9.17, 15) is 4.79 Å². The van der Waals surface area contributed by atoms with Gasteiger partial charge in [0.05, 0.1) is 14.2 Å². The van der Waals surface area contributed by atoms with E-state index < -0.39 is 0 Å². The largest absolute Gasteiger partial charge is 0.497 e. The number of nitrogens with zero attached hydrogens (tertiary/aromatic N) is 1. The molecule has 0 saturated carbocycles. The van der Waals surface area contributed by atoms with Crippen LogP contribution in [-0.2, 0) is 0 Å². The lowest BCUT2D eigenvalue weighted by atomic mass is 10.2. The molecule has 0 unspecified atom stereocenters. The molecule has 28 heavy (non-hydrogen) atoms. The molecular weight excluding hydrogens is 356 g/mol. The van der Waals surface area contributed by atoms with Crippen LogP contribution in [0.1, 0.15) is 10.4 Å². The predicted molar refractivity (Wildman–Crippen MR) is 107 cm³/mol. The first-order valence-electron chi connectivity index (χ1n) is 8.67. The van der Waals surface area contributed by atoms with Gasteiger partial charge in [-0.3, -0.25) is 4.79 Å². The first-order chi connectivity index (χ1) is 13.7. The molecule has 4 aromatic rings. The SMILES string of the molecule is COc1ccc(C(=O)Nc2ccc3oc(-c4ccc(OC)cc4)nc3c2)cc1. The Balaban J connectivity index is 1.56. The first kappa shape index (κ1) is 17.6. The highest BCUT2D eigenvalue weighted by Crippen LogP contribution is 2.27. The van der Waals surface area contributed by atoms with E-state index in [0.717, 1.165) is 11.3 Å². The summed E-state index contributed by atoms with van der Waals surface area (Å²) in [6.45, 7) is 0. The van der Waals surface area contributed by atoms with E-state index in [-0.39, 0.29) is 5.91 Å². The fourth-order valence-electron chi connectivity index (χ4n) is 2.81. The summed E-state index contributed by atoms with van der Waals surface area (Å²) in [4.78, 5) is 17.0. The second-order valence-corrected chi connectivity index (χ2v) is 6.11. The van der Waals surface area contributed by atoms with Crippen molar-refractivity contribution in [1.82, 2.24) is 4.98 Å². The molecule has 140 valence electrons. The van der Waals surface area contributed by atoms with Crippen LogP contribution in [-0.4, -0.2) is 25.1 Å². The Hall–Kier alpha value is -3.80. The third kappa shape index (κ3) is 3.53. The maximum atomic E-state index is 12.4. The van der Waals surface area contributed by atoms with Crippen LogP contribution in [0.3, 0.4) is 0 Å². The number of nitrogens with one attached hydrogen (secondary N) is 1. The molecule has 0 atom stereocenters. The maximum Gasteiger partial charge on any atom is 0.255 e. The number of methoxy groups -OCH3 is 2. The van der Waals surface area contributed by atoms with Crippen molar-refractivity contribution in [2.75, 3.05) is 19.5 Å². The molecule has 0 saturated heterocycles. The number of rotatable bonds is 5. The van der Waals surface area contributed by atoms with Crippen molar-refractivity contribution in [2.45, 2.75) is 0 Å². The third-order valence-electron chi connectivity index (χ3n) is 4.33. The molecule has 0 aliphatic carbocycles. The average Bonchev–Trinajstić information content (AvgIpc) is 3.17. The van der Waals surface area contributed by atoms with Gasteiger partial charge >= 0.3 is 0 Å². The minimum absolute atomic E-state index is 0.208. The fraction of sp³-hybridized carbons (Fsp3) is 0.0909. The molecule has 0 aliphatic rings. The molecule has 6 nitrogen and oxygen atoms in total. The van der Waals surface area contributed by atoms with Gasteiger partial charge in [0.1, 0.15) is 17.0 Å². The third-order valence-corrected chi connectivity index (χ3v) is 4.33. The zero-order valence-electron chi connectivity index (χ0n) is 15.4. The molecule has 1 aromatic heterocycles. The molecule has 0 radical (unpaired) electrons. The van der Waals surface area contributed by atoms with Crippen molar-refractivity contribution >= 4 is 22.7 Å². The summed E-state index contributed by atoms with van der Waals surface area (Å²) >= 11 is 0. The lowest BCUT2D eigenvalue weighted by Gasteiger charge is -2.06. The monoisotopic (exact) mass is 374 g/mol. The van der Waals surface area contributed by atoms with E-state index in [1.165, 1.54) is 0 Å². The lowest BCUT2D eigenvalue weighted by molar-refractivity contribution is 0.102. The summed E-state index contributed by atoms with van der Waals surface area (Å²) in [7, 11) is 3.21. The summed E-state index contributed by atoms with van der Waals surface area (Å²) in [6, 6.07) is 19.8. The molecule has 0 aliphatic heterocycles. The topological polar surface area (TPSA) is 73.6 Å². The smallest absolute Gasteiger partial charge is 0.255 e. The Morgan fingerprint density at radius 2 is 1.54 bits per heavy atom. The van der Waals surface area contributed by atoms with Gasteiger partial charge in [-0.25, -0.2) is 4.98 Å². The van der Waals surface area contributed by atoms with Crippen LogP contribution in [0.5, 0.6) is 11.5 Å². The number of carbonyl (C=O) groups is 1. The zero-order chi connectivity index (χ0) is 19.5. The maximum absolute atomic E-state index is 12.4. The molecule has 1 heterocycles. The predicted octanol–water partition coefficient (Wildman–Crippen LogP) is 4.76. The van der Waals surface area contributed by atoms with E-state index in [1.807, 2.05) is 24.3 Å². The molecular formula is C22H18N2O4. The van der Waals surface area contributed by atoms with E-state index in [2.05, 4.69) is 10.3 Å². The van der Waals surface area contributed by atoms with E-state index in [0.29, 0.717) is 34.0 Å². The van der Waals surface area contributed by atoms with Gasteiger partial charge in [0, 0.05) is 16.8 Å². The van der Waals surface area contributed by atoms with Gasteiger partial charge in [-0.2, -0.15) is 0 Å². The Morgan fingerprint density at radius 1 is 0.893 bits per heavy atom. The second kappa shape index (κ2) is 7.44. The van der Waals surface area contributed by atoms with Crippen LogP contribution in [0.25, 0.3) is 22.6 Å². The van der Waals surface area contributed by atoms with Crippen LogP contribution in [0, 0.1) is 0 Å². The molecule has 0 bridgehead atoms. The summed E-state index contributed by atoms with van der Waals surface area (Å²) < 4.78 is 16.1. The second-order valence-electron chi connectivity index (χ2n) is 6.11. The van der Waals surface area contributed by atoms with Gasteiger partial charge in [-0.15, -0.1) is 0 Å². The van der Waals surface area contributed by atoms with Crippen molar-refractivity contribution in [3.8, 4) is 23.0 Å². The molecule has 0 fully saturated rings. The first-order valence-corrected chi connectivity index (χ1v) is 8.67. The van der Waals surface area contributed by atoms with Gasteiger partial charge in [-0.05, 0) is 66.7 Å². The number of oxazole rings is 1. The highest BCUT2D eigenvalue weighted by Gasteiger charge is 2.11. The number of aromatic nitrogens is 1. The quantitative estimate of drug-likeness (QED) is 0.545. The highest BCUT2D eigenvalue weighted by molar-refractivity contribution is 6.05. The van der Waals surface area contributed by atoms with Gasteiger partial charge in [0.25, 0.3) is 5.91 Å². The van der Waals surface area contributed by atoms with Gasteiger partial charge < -0.3 is 19.2 Å². The van der Waals surface area contributed by atoms with Crippen molar-refractivity contribution in [3.05, 3.63) is 72.3 Å². The number of hydrogen-bond donors (Lipinski definition) is 1. The van der Waals surface area contributed by atoms with E-state index in [1.54, 1.807) is 56.7 Å². The van der Waals surface area contributed by atoms with E-state index in [4.69, 9.17) is 13.9 Å². The number of fused-ring (bicyclic) bond motifs is 1. The minimum atomic E-state index is -0.208. The molecule has 1 amide bonds. The molecule has 3 aromatic carbocycles. The lowest BCUT2D eigenvalue weighted by Crippen LogP contribution is -2.11.